The summed E-state index contributed by atoms with van der Waals surface area (Å²) in [4.78, 5) is 28.9. The third-order valence-electron chi connectivity index (χ3n) is 7.36. The van der Waals surface area contributed by atoms with Crippen LogP contribution in [0.15, 0.2) is 78.9 Å². The number of carbonyl (C=O) groups excluding carboxylic acids is 2. The van der Waals surface area contributed by atoms with Crippen LogP contribution in [0.2, 0.25) is 0 Å². The standard InChI is InChI=1S/C33H42FN3O4S/c1-5-25(3)35-33(39)31(23-27-13-8-7-9-14-27)36(24-28-15-10-11-16-30(28)34)32(38)17-12-22-37(42(4,40)41)29-20-18-26(6-2)19-21-29/h7-11,13-16,18-21,25,31H,5-6,12,17,22-24H2,1-4H3,(H,35,39). The van der Waals surface area contributed by atoms with Crippen LogP contribution in [0.1, 0.15) is 56.7 Å². The van der Waals surface area contributed by atoms with Crippen molar-refractivity contribution in [3.05, 3.63) is 101 Å². The van der Waals surface area contributed by atoms with Gasteiger partial charge in [-0.2, -0.15) is 0 Å². The van der Waals surface area contributed by atoms with Gasteiger partial charge in [0.05, 0.1) is 11.9 Å². The van der Waals surface area contributed by atoms with Gasteiger partial charge in [-0.15, -0.1) is 0 Å². The van der Waals surface area contributed by atoms with Crippen molar-refractivity contribution in [2.24, 2.45) is 0 Å². The van der Waals surface area contributed by atoms with E-state index in [-0.39, 0.29) is 50.2 Å². The molecule has 7 nitrogen and oxygen atoms in total. The Labute approximate surface area is 249 Å². The monoisotopic (exact) mass is 595 g/mol. The molecule has 0 bridgehead atoms. The number of nitrogens with one attached hydrogen (secondary N) is 1. The fraction of sp³-hybridized carbons (Fsp3) is 0.394. The Kier molecular flexibility index (Phi) is 12.1. The predicted octanol–water partition coefficient (Wildman–Crippen LogP) is 5.49. The minimum absolute atomic E-state index is 0.0184. The molecule has 3 rings (SSSR count). The summed E-state index contributed by atoms with van der Waals surface area (Å²) in [5.41, 5.74) is 2.78. The van der Waals surface area contributed by atoms with E-state index in [0.29, 0.717) is 17.7 Å². The fourth-order valence-electron chi connectivity index (χ4n) is 4.71. The van der Waals surface area contributed by atoms with Crippen LogP contribution in [0.3, 0.4) is 0 Å². The van der Waals surface area contributed by atoms with Gasteiger partial charge in [0.15, 0.2) is 0 Å². The molecule has 2 unspecified atom stereocenters. The lowest BCUT2D eigenvalue weighted by molar-refractivity contribution is -0.141. The molecule has 3 aromatic carbocycles. The van der Waals surface area contributed by atoms with Crippen LogP contribution in [0, 0.1) is 5.82 Å². The minimum Gasteiger partial charge on any atom is -0.352 e. The normalized spacial score (nSPS) is 12.8. The number of rotatable bonds is 15. The quantitative estimate of drug-likeness (QED) is 0.252. The van der Waals surface area contributed by atoms with Crippen LogP contribution >= 0.6 is 0 Å². The van der Waals surface area contributed by atoms with Crippen LogP contribution in [0.25, 0.3) is 0 Å². The SMILES string of the molecule is CCc1ccc(N(CCCC(=O)N(Cc2ccccc2F)C(Cc2ccccc2)C(=O)NC(C)CC)S(C)(=O)=O)cc1. The Morgan fingerprint density at radius 3 is 2.14 bits per heavy atom. The van der Waals surface area contributed by atoms with Gasteiger partial charge in [0.2, 0.25) is 21.8 Å². The highest BCUT2D eigenvalue weighted by atomic mass is 32.2. The second kappa shape index (κ2) is 15.5. The predicted molar refractivity (Wildman–Crippen MR) is 166 cm³/mol. The molecule has 0 fully saturated rings. The lowest BCUT2D eigenvalue weighted by atomic mass is 10.0. The Bertz CT molecular complexity index is 1410. The maximum Gasteiger partial charge on any atom is 0.243 e. The molecule has 0 aromatic heterocycles. The van der Waals surface area contributed by atoms with Crippen LogP contribution in [-0.2, 0) is 39.0 Å². The van der Waals surface area contributed by atoms with E-state index in [9.17, 15) is 22.4 Å². The number of carbonyl (C=O) groups is 2. The van der Waals surface area contributed by atoms with Crippen LogP contribution in [0.5, 0.6) is 0 Å². The van der Waals surface area contributed by atoms with Crippen LogP contribution in [0.4, 0.5) is 10.1 Å². The van der Waals surface area contributed by atoms with Gasteiger partial charge in [0, 0.05) is 37.5 Å². The van der Waals surface area contributed by atoms with E-state index in [1.165, 1.54) is 15.3 Å². The molecule has 2 amide bonds. The lowest BCUT2D eigenvalue weighted by Crippen LogP contribution is -2.52. The molecule has 0 aliphatic heterocycles. The number of anilines is 1. The Morgan fingerprint density at radius 2 is 1.55 bits per heavy atom. The second-order valence-electron chi connectivity index (χ2n) is 10.6. The van der Waals surface area contributed by atoms with Crippen molar-refractivity contribution < 1.29 is 22.4 Å². The molecule has 0 aliphatic rings. The first-order chi connectivity index (χ1) is 20.0. The van der Waals surface area contributed by atoms with Crippen molar-refractivity contribution in [2.45, 2.75) is 71.5 Å². The first-order valence-corrected chi connectivity index (χ1v) is 16.3. The highest BCUT2D eigenvalue weighted by Gasteiger charge is 2.31. The van der Waals surface area contributed by atoms with E-state index >= 15 is 0 Å². The van der Waals surface area contributed by atoms with E-state index in [0.717, 1.165) is 23.8 Å². The summed E-state index contributed by atoms with van der Waals surface area (Å²) < 4.78 is 41.4. The summed E-state index contributed by atoms with van der Waals surface area (Å²) in [5.74, 6) is -1.13. The van der Waals surface area contributed by atoms with E-state index < -0.39 is 21.9 Å². The highest BCUT2D eigenvalue weighted by Crippen LogP contribution is 2.21. The third-order valence-corrected chi connectivity index (χ3v) is 8.55. The van der Waals surface area contributed by atoms with Crippen molar-refractivity contribution in [2.75, 3.05) is 17.1 Å². The molecular formula is C33H42FN3O4S. The Balaban J connectivity index is 1.89. The molecule has 9 heteroatoms. The molecule has 0 saturated carbocycles. The first-order valence-electron chi connectivity index (χ1n) is 14.5. The van der Waals surface area contributed by atoms with E-state index in [1.54, 1.807) is 30.3 Å². The van der Waals surface area contributed by atoms with Crippen LogP contribution < -0.4 is 9.62 Å². The largest absolute Gasteiger partial charge is 0.352 e. The molecule has 0 radical (unpaired) electrons. The second-order valence-corrected chi connectivity index (χ2v) is 12.5. The number of hydrogen-bond acceptors (Lipinski definition) is 4. The molecule has 0 heterocycles. The molecule has 3 aromatic rings. The summed E-state index contributed by atoms with van der Waals surface area (Å²) in [6.45, 7) is 5.88. The average Bonchev–Trinajstić information content (AvgIpc) is 2.97. The van der Waals surface area contributed by atoms with Gasteiger partial charge in [-0.3, -0.25) is 13.9 Å². The van der Waals surface area contributed by atoms with Gasteiger partial charge in [-0.1, -0.05) is 74.5 Å². The minimum atomic E-state index is -3.60. The summed E-state index contributed by atoms with van der Waals surface area (Å²) in [6.07, 6.45) is 3.15. The molecule has 0 spiro atoms. The van der Waals surface area contributed by atoms with Crippen LogP contribution in [-0.4, -0.2) is 50.0 Å². The van der Waals surface area contributed by atoms with E-state index in [1.807, 2.05) is 63.2 Å². The molecule has 1 N–H and O–H groups in total. The zero-order valence-corrected chi connectivity index (χ0v) is 25.7. The summed E-state index contributed by atoms with van der Waals surface area (Å²) >= 11 is 0. The first kappa shape index (κ1) is 32.8. The lowest BCUT2D eigenvalue weighted by Gasteiger charge is -2.33. The van der Waals surface area contributed by atoms with Gasteiger partial charge in [0.1, 0.15) is 11.9 Å². The van der Waals surface area contributed by atoms with Crippen molar-refractivity contribution in [1.29, 1.82) is 0 Å². The summed E-state index contributed by atoms with van der Waals surface area (Å²) in [7, 11) is -3.60. The maximum absolute atomic E-state index is 14.8. The fourth-order valence-corrected chi connectivity index (χ4v) is 5.67. The van der Waals surface area contributed by atoms with Gasteiger partial charge in [-0.25, -0.2) is 12.8 Å². The number of aryl methyl sites for hydroxylation is 1. The van der Waals surface area contributed by atoms with E-state index in [2.05, 4.69) is 5.32 Å². The topological polar surface area (TPSA) is 86.8 Å². The van der Waals surface area contributed by atoms with Gasteiger partial charge < -0.3 is 10.2 Å². The average molecular weight is 596 g/mol. The van der Waals surface area contributed by atoms with Crippen molar-refractivity contribution in [3.63, 3.8) is 0 Å². The highest BCUT2D eigenvalue weighted by molar-refractivity contribution is 7.92. The molecule has 2 atom stereocenters. The number of nitrogens with zero attached hydrogens (tertiary/aromatic N) is 2. The van der Waals surface area contributed by atoms with Gasteiger partial charge in [-0.05, 0) is 55.5 Å². The number of halogens is 1. The number of hydrogen-bond donors (Lipinski definition) is 1. The number of benzene rings is 3. The zero-order valence-electron chi connectivity index (χ0n) is 24.9. The number of sulfonamides is 1. The Hall–Kier alpha value is -3.72. The maximum atomic E-state index is 14.8. The molecular weight excluding hydrogens is 553 g/mol. The number of amides is 2. The molecule has 0 aliphatic carbocycles. The third kappa shape index (κ3) is 9.41. The molecule has 42 heavy (non-hydrogen) atoms. The Morgan fingerprint density at radius 1 is 0.905 bits per heavy atom. The van der Waals surface area contributed by atoms with E-state index in [4.69, 9.17) is 0 Å². The van der Waals surface area contributed by atoms with Crippen molar-refractivity contribution in [1.82, 2.24) is 10.2 Å². The molecule has 0 saturated heterocycles. The van der Waals surface area contributed by atoms with Crippen molar-refractivity contribution >= 4 is 27.5 Å². The van der Waals surface area contributed by atoms with Gasteiger partial charge >= 0.3 is 0 Å². The smallest absolute Gasteiger partial charge is 0.243 e. The summed E-state index contributed by atoms with van der Waals surface area (Å²) in [6, 6.07) is 21.9. The summed E-state index contributed by atoms with van der Waals surface area (Å²) in [5, 5.41) is 3.00. The molecule has 226 valence electrons. The van der Waals surface area contributed by atoms with Gasteiger partial charge in [0.25, 0.3) is 0 Å². The van der Waals surface area contributed by atoms with Crippen molar-refractivity contribution in [3.8, 4) is 0 Å². The zero-order chi connectivity index (χ0) is 30.7.